The van der Waals surface area contributed by atoms with Crippen molar-refractivity contribution in [2.24, 2.45) is 13.0 Å². The van der Waals surface area contributed by atoms with Gasteiger partial charge in [-0.25, -0.2) is 4.98 Å². The van der Waals surface area contributed by atoms with Crippen LogP contribution in [0.4, 0.5) is 0 Å². The molecule has 1 saturated carbocycles. The summed E-state index contributed by atoms with van der Waals surface area (Å²) in [5.41, 5.74) is 3.02. The van der Waals surface area contributed by atoms with E-state index in [4.69, 9.17) is 4.74 Å². The van der Waals surface area contributed by atoms with Crippen LogP contribution in [0, 0.1) is 12.8 Å². The van der Waals surface area contributed by atoms with E-state index in [9.17, 15) is 18.3 Å². The minimum atomic E-state index is -3.76. The highest BCUT2D eigenvalue weighted by atomic mass is 32.2. The number of hydrogen-bond donors (Lipinski definition) is 3. The molecule has 2 aromatic heterocycles. The highest BCUT2D eigenvalue weighted by molar-refractivity contribution is 7.87. The number of aliphatic carboxylic acids is 1. The van der Waals surface area contributed by atoms with E-state index in [2.05, 4.69) is 24.7 Å². The summed E-state index contributed by atoms with van der Waals surface area (Å²) in [5.74, 6) is -0.579. The number of ether oxygens (including phenoxy) is 1. The van der Waals surface area contributed by atoms with Gasteiger partial charge in [-0.3, -0.25) is 9.48 Å². The molecule has 0 amide bonds. The van der Waals surface area contributed by atoms with Gasteiger partial charge in [-0.1, -0.05) is 35.5 Å². The SMILES string of the molecule is Cc1nc(-c2nnn(C)c2CNS(=O)(=O)NCc2ccccc2)ccc1O[C@H]1CCC[C@H](C(=O)O)C1. The molecule has 1 fully saturated rings. The van der Waals surface area contributed by atoms with Gasteiger partial charge in [-0.15, -0.1) is 5.10 Å². The molecular formula is C24H30N6O5S. The lowest BCUT2D eigenvalue weighted by Gasteiger charge is -2.27. The zero-order chi connectivity index (χ0) is 25.7. The number of aromatic nitrogens is 4. The number of pyridine rings is 1. The van der Waals surface area contributed by atoms with Crippen molar-refractivity contribution in [1.29, 1.82) is 0 Å². The van der Waals surface area contributed by atoms with Crippen LogP contribution in [0.25, 0.3) is 11.4 Å². The molecule has 192 valence electrons. The van der Waals surface area contributed by atoms with Gasteiger partial charge in [0.05, 0.1) is 35.6 Å². The van der Waals surface area contributed by atoms with Crippen LogP contribution in [-0.2, 0) is 35.1 Å². The third-order valence-corrected chi connectivity index (χ3v) is 7.28. The fraction of sp³-hybridized carbons (Fsp3) is 0.417. The number of carbonyl (C=O) groups is 1. The molecule has 0 bridgehead atoms. The molecule has 0 unspecified atom stereocenters. The molecule has 2 heterocycles. The fourth-order valence-corrected chi connectivity index (χ4v) is 5.01. The van der Waals surface area contributed by atoms with E-state index in [0.29, 0.717) is 41.4 Å². The number of hydrogen-bond acceptors (Lipinski definition) is 7. The van der Waals surface area contributed by atoms with Crippen LogP contribution < -0.4 is 14.2 Å². The first-order chi connectivity index (χ1) is 17.2. The first-order valence-electron chi connectivity index (χ1n) is 11.8. The smallest absolute Gasteiger partial charge is 0.306 e. The Morgan fingerprint density at radius 2 is 1.89 bits per heavy atom. The zero-order valence-electron chi connectivity index (χ0n) is 20.2. The predicted octanol–water partition coefficient (Wildman–Crippen LogP) is 2.33. The summed E-state index contributed by atoms with van der Waals surface area (Å²) in [6, 6.07) is 12.8. The lowest BCUT2D eigenvalue weighted by Crippen LogP contribution is -2.36. The monoisotopic (exact) mass is 514 g/mol. The summed E-state index contributed by atoms with van der Waals surface area (Å²) >= 11 is 0. The van der Waals surface area contributed by atoms with Gasteiger partial charge in [-0.2, -0.15) is 17.9 Å². The number of rotatable bonds is 10. The molecule has 4 rings (SSSR count). The topological polar surface area (TPSA) is 148 Å². The molecule has 0 spiro atoms. The zero-order valence-corrected chi connectivity index (χ0v) is 21.0. The van der Waals surface area contributed by atoms with Crippen LogP contribution in [0.5, 0.6) is 5.75 Å². The highest BCUT2D eigenvalue weighted by Crippen LogP contribution is 2.30. The maximum atomic E-state index is 12.5. The van der Waals surface area contributed by atoms with Gasteiger partial charge in [0, 0.05) is 13.6 Å². The summed E-state index contributed by atoms with van der Waals surface area (Å²) < 4.78 is 37.6. The molecule has 0 saturated heterocycles. The third-order valence-electron chi connectivity index (χ3n) is 6.23. The lowest BCUT2D eigenvalue weighted by molar-refractivity contribution is -0.143. The van der Waals surface area contributed by atoms with Crippen molar-refractivity contribution in [2.75, 3.05) is 0 Å². The fourth-order valence-electron chi connectivity index (χ4n) is 4.22. The summed E-state index contributed by atoms with van der Waals surface area (Å²) in [6.45, 7) is 1.95. The lowest BCUT2D eigenvalue weighted by atomic mass is 9.87. The Balaban J connectivity index is 1.42. The number of nitrogens with one attached hydrogen (secondary N) is 2. The second-order valence-corrected chi connectivity index (χ2v) is 10.4. The Hall–Kier alpha value is -3.35. The van der Waals surface area contributed by atoms with Gasteiger partial charge in [0.25, 0.3) is 10.2 Å². The minimum absolute atomic E-state index is 0.0272. The first-order valence-corrected chi connectivity index (χ1v) is 13.2. The molecule has 0 aliphatic heterocycles. The largest absolute Gasteiger partial charge is 0.489 e. The first kappa shape index (κ1) is 25.7. The molecule has 0 radical (unpaired) electrons. The van der Waals surface area contributed by atoms with Crippen molar-refractivity contribution in [3.63, 3.8) is 0 Å². The van der Waals surface area contributed by atoms with Crippen molar-refractivity contribution in [3.8, 4) is 17.1 Å². The average Bonchev–Trinajstić information content (AvgIpc) is 3.24. The Morgan fingerprint density at radius 1 is 1.14 bits per heavy atom. The summed E-state index contributed by atoms with van der Waals surface area (Å²) in [6.07, 6.45) is 2.59. The van der Waals surface area contributed by atoms with Crippen LogP contribution in [0.2, 0.25) is 0 Å². The predicted molar refractivity (Wildman–Crippen MR) is 132 cm³/mol. The second kappa shape index (κ2) is 11.1. The second-order valence-electron chi connectivity index (χ2n) is 8.86. The molecule has 12 heteroatoms. The Labute approximate surface area is 210 Å². The standard InChI is InChI=1S/C24H30N6O5S/c1-16-22(35-19-10-6-9-18(13-19)24(31)32)12-11-20(27-16)23-21(30(2)29-28-23)15-26-36(33,34)25-14-17-7-4-3-5-8-17/h3-5,7-8,11-12,18-19,25-26H,6,9-10,13-15H2,1-2H3,(H,31,32)/t18-,19-/m0/s1. The van der Waals surface area contributed by atoms with Crippen LogP contribution in [-0.4, -0.2) is 45.6 Å². The number of carboxylic acids is 1. The van der Waals surface area contributed by atoms with Gasteiger partial charge < -0.3 is 9.84 Å². The van der Waals surface area contributed by atoms with Crippen molar-refractivity contribution < 1.29 is 23.1 Å². The number of nitrogens with zero attached hydrogens (tertiary/aromatic N) is 4. The van der Waals surface area contributed by atoms with Gasteiger partial charge in [0.15, 0.2) is 0 Å². The highest BCUT2D eigenvalue weighted by Gasteiger charge is 2.28. The van der Waals surface area contributed by atoms with E-state index in [1.807, 2.05) is 37.3 Å². The summed E-state index contributed by atoms with van der Waals surface area (Å²) in [7, 11) is -2.08. The van der Waals surface area contributed by atoms with Gasteiger partial charge in [0.1, 0.15) is 11.4 Å². The van der Waals surface area contributed by atoms with Crippen LogP contribution in [0.1, 0.15) is 42.6 Å². The molecule has 2 atom stereocenters. The Bertz CT molecular complexity index is 1310. The average molecular weight is 515 g/mol. The summed E-state index contributed by atoms with van der Waals surface area (Å²) in [4.78, 5) is 15.9. The summed E-state index contributed by atoms with van der Waals surface area (Å²) in [5, 5.41) is 17.5. The van der Waals surface area contributed by atoms with E-state index in [0.717, 1.165) is 18.4 Å². The molecule has 3 aromatic rings. The van der Waals surface area contributed by atoms with Crippen LogP contribution in [0.15, 0.2) is 42.5 Å². The van der Waals surface area contributed by atoms with E-state index in [-0.39, 0.29) is 25.1 Å². The van der Waals surface area contributed by atoms with Crippen molar-refractivity contribution >= 4 is 16.2 Å². The molecule has 1 aliphatic carbocycles. The third kappa shape index (κ3) is 6.45. The van der Waals surface area contributed by atoms with E-state index in [1.54, 1.807) is 19.2 Å². The molecule has 3 N–H and O–H groups in total. The molecule has 1 aromatic carbocycles. The number of carboxylic acid groups (broad SMARTS) is 1. The number of aryl methyl sites for hydroxylation is 2. The van der Waals surface area contributed by atoms with Gasteiger partial charge in [0.2, 0.25) is 0 Å². The molecule has 11 nitrogen and oxygen atoms in total. The molecular weight excluding hydrogens is 484 g/mol. The van der Waals surface area contributed by atoms with E-state index >= 15 is 0 Å². The van der Waals surface area contributed by atoms with Gasteiger partial charge in [-0.05, 0) is 50.3 Å². The van der Waals surface area contributed by atoms with Crippen molar-refractivity contribution in [3.05, 3.63) is 59.4 Å². The van der Waals surface area contributed by atoms with Crippen molar-refractivity contribution in [2.45, 2.75) is 51.8 Å². The van der Waals surface area contributed by atoms with Crippen LogP contribution >= 0.6 is 0 Å². The van der Waals surface area contributed by atoms with Gasteiger partial charge >= 0.3 is 5.97 Å². The minimum Gasteiger partial charge on any atom is -0.489 e. The number of benzene rings is 1. The Morgan fingerprint density at radius 3 is 2.61 bits per heavy atom. The van der Waals surface area contributed by atoms with Crippen LogP contribution in [0.3, 0.4) is 0 Å². The van der Waals surface area contributed by atoms with E-state index < -0.39 is 16.2 Å². The Kier molecular flexibility index (Phi) is 7.97. The molecule has 36 heavy (non-hydrogen) atoms. The van der Waals surface area contributed by atoms with Crippen molar-refractivity contribution in [1.82, 2.24) is 29.4 Å². The maximum Gasteiger partial charge on any atom is 0.306 e. The quantitative estimate of drug-likeness (QED) is 0.373. The molecule has 1 aliphatic rings. The maximum absolute atomic E-state index is 12.5. The van der Waals surface area contributed by atoms with E-state index in [1.165, 1.54) is 4.68 Å². The normalized spacial score (nSPS) is 18.2.